The summed E-state index contributed by atoms with van der Waals surface area (Å²) < 4.78 is 0. The zero-order valence-electron chi connectivity index (χ0n) is 11.9. The predicted molar refractivity (Wildman–Crippen MR) is 79.0 cm³/mol. The van der Waals surface area contributed by atoms with E-state index in [4.69, 9.17) is 0 Å². The standard InChI is InChI=1S/C16H24N2O/c1-12-6-8-14(9-7-12)16(19)18-15-5-3-4-13(10-15)11-17-2/h3-5,10,12,14,17H,6-9,11H2,1-2H3,(H,18,19). The van der Waals surface area contributed by atoms with Crippen molar-refractivity contribution in [3.63, 3.8) is 0 Å². The van der Waals surface area contributed by atoms with Crippen LogP contribution in [0, 0.1) is 11.8 Å². The van der Waals surface area contributed by atoms with E-state index >= 15 is 0 Å². The molecule has 0 aliphatic heterocycles. The molecule has 0 atom stereocenters. The molecule has 0 heterocycles. The minimum atomic E-state index is 0.188. The van der Waals surface area contributed by atoms with E-state index in [-0.39, 0.29) is 11.8 Å². The minimum Gasteiger partial charge on any atom is -0.326 e. The highest BCUT2D eigenvalue weighted by Gasteiger charge is 2.24. The van der Waals surface area contributed by atoms with Crippen LogP contribution < -0.4 is 10.6 Å². The molecule has 1 aliphatic carbocycles. The Morgan fingerprint density at radius 2 is 2.00 bits per heavy atom. The maximum atomic E-state index is 12.2. The zero-order valence-corrected chi connectivity index (χ0v) is 11.9. The molecule has 2 rings (SSSR count). The quantitative estimate of drug-likeness (QED) is 0.873. The monoisotopic (exact) mass is 260 g/mol. The van der Waals surface area contributed by atoms with Gasteiger partial charge in [-0.2, -0.15) is 0 Å². The van der Waals surface area contributed by atoms with Crippen LogP contribution in [0.4, 0.5) is 5.69 Å². The zero-order chi connectivity index (χ0) is 13.7. The topological polar surface area (TPSA) is 41.1 Å². The van der Waals surface area contributed by atoms with Crippen LogP contribution in [0.15, 0.2) is 24.3 Å². The molecule has 0 unspecified atom stereocenters. The maximum Gasteiger partial charge on any atom is 0.227 e. The Kier molecular flexibility index (Phi) is 4.97. The lowest BCUT2D eigenvalue weighted by molar-refractivity contribution is -0.121. The second-order valence-corrected chi connectivity index (χ2v) is 5.68. The van der Waals surface area contributed by atoms with Gasteiger partial charge in [-0.15, -0.1) is 0 Å². The lowest BCUT2D eigenvalue weighted by atomic mass is 9.82. The molecule has 1 fully saturated rings. The first-order valence-electron chi connectivity index (χ1n) is 7.23. The third-order valence-electron chi connectivity index (χ3n) is 3.96. The van der Waals surface area contributed by atoms with Crippen LogP contribution in [-0.2, 0) is 11.3 Å². The van der Waals surface area contributed by atoms with E-state index in [1.807, 2.05) is 25.2 Å². The molecule has 1 aromatic carbocycles. The number of amides is 1. The van der Waals surface area contributed by atoms with Crippen LogP contribution >= 0.6 is 0 Å². The summed E-state index contributed by atoms with van der Waals surface area (Å²) in [6.45, 7) is 3.10. The molecule has 0 radical (unpaired) electrons. The Balaban J connectivity index is 1.93. The molecule has 0 aromatic heterocycles. The number of hydrogen-bond donors (Lipinski definition) is 2. The second-order valence-electron chi connectivity index (χ2n) is 5.68. The molecule has 3 nitrogen and oxygen atoms in total. The van der Waals surface area contributed by atoms with Crippen molar-refractivity contribution in [2.75, 3.05) is 12.4 Å². The van der Waals surface area contributed by atoms with Crippen LogP contribution in [0.5, 0.6) is 0 Å². The number of rotatable bonds is 4. The summed E-state index contributed by atoms with van der Waals surface area (Å²) in [6.07, 6.45) is 4.42. The third-order valence-corrected chi connectivity index (χ3v) is 3.96. The Morgan fingerprint density at radius 1 is 1.26 bits per heavy atom. The minimum absolute atomic E-state index is 0.188. The van der Waals surface area contributed by atoms with Gasteiger partial charge >= 0.3 is 0 Å². The van der Waals surface area contributed by atoms with Gasteiger partial charge in [0.25, 0.3) is 0 Å². The number of hydrogen-bond acceptors (Lipinski definition) is 2. The van der Waals surface area contributed by atoms with E-state index in [1.165, 1.54) is 18.4 Å². The molecule has 0 spiro atoms. The van der Waals surface area contributed by atoms with Crippen LogP contribution in [0.1, 0.15) is 38.2 Å². The van der Waals surface area contributed by atoms with Crippen molar-refractivity contribution in [3.05, 3.63) is 29.8 Å². The van der Waals surface area contributed by atoms with Crippen molar-refractivity contribution in [1.29, 1.82) is 0 Å². The lowest BCUT2D eigenvalue weighted by Crippen LogP contribution is -2.26. The van der Waals surface area contributed by atoms with Crippen molar-refractivity contribution >= 4 is 11.6 Å². The second kappa shape index (κ2) is 6.71. The molecule has 104 valence electrons. The van der Waals surface area contributed by atoms with Gasteiger partial charge in [0.05, 0.1) is 0 Å². The Labute approximate surface area is 115 Å². The molecule has 1 amide bonds. The predicted octanol–water partition coefficient (Wildman–Crippen LogP) is 3.17. The summed E-state index contributed by atoms with van der Waals surface area (Å²) in [5.74, 6) is 1.17. The van der Waals surface area contributed by atoms with Gasteiger partial charge in [-0.1, -0.05) is 19.1 Å². The fraction of sp³-hybridized carbons (Fsp3) is 0.562. The highest BCUT2D eigenvalue weighted by Crippen LogP contribution is 2.29. The Hall–Kier alpha value is -1.35. The lowest BCUT2D eigenvalue weighted by Gasteiger charge is -2.25. The van der Waals surface area contributed by atoms with Gasteiger partial charge in [0.15, 0.2) is 0 Å². The number of anilines is 1. The molecule has 1 aliphatic rings. The molecule has 19 heavy (non-hydrogen) atoms. The number of benzene rings is 1. The first kappa shape index (κ1) is 14.1. The smallest absolute Gasteiger partial charge is 0.227 e. The van der Waals surface area contributed by atoms with Crippen molar-refractivity contribution < 1.29 is 4.79 Å². The number of carbonyl (C=O) groups is 1. The van der Waals surface area contributed by atoms with E-state index < -0.39 is 0 Å². The molecule has 0 bridgehead atoms. The van der Waals surface area contributed by atoms with Crippen LogP contribution in [0.3, 0.4) is 0 Å². The highest BCUT2D eigenvalue weighted by atomic mass is 16.1. The van der Waals surface area contributed by atoms with Crippen molar-refractivity contribution in [2.45, 2.75) is 39.2 Å². The first-order chi connectivity index (χ1) is 9.19. The average Bonchev–Trinajstić information content (AvgIpc) is 2.40. The van der Waals surface area contributed by atoms with Gasteiger partial charge in [0, 0.05) is 18.2 Å². The summed E-state index contributed by atoms with van der Waals surface area (Å²) in [7, 11) is 1.93. The van der Waals surface area contributed by atoms with Gasteiger partial charge in [-0.25, -0.2) is 0 Å². The fourth-order valence-corrected chi connectivity index (χ4v) is 2.73. The van der Waals surface area contributed by atoms with Crippen LogP contribution in [0.2, 0.25) is 0 Å². The SMILES string of the molecule is CNCc1cccc(NC(=O)C2CCC(C)CC2)c1. The van der Waals surface area contributed by atoms with E-state index in [9.17, 15) is 4.79 Å². The van der Waals surface area contributed by atoms with Crippen LogP contribution in [0.25, 0.3) is 0 Å². The molecular formula is C16H24N2O. The summed E-state index contributed by atoms with van der Waals surface area (Å²) in [5.41, 5.74) is 2.11. The van der Waals surface area contributed by atoms with Crippen molar-refractivity contribution in [1.82, 2.24) is 5.32 Å². The Bertz CT molecular complexity index is 423. The van der Waals surface area contributed by atoms with Crippen LogP contribution in [-0.4, -0.2) is 13.0 Å². The normalized spacial score (nSPS) is 23.1. The van der Waals surface area contributed by atoms with E-state index in [0.717, 1.165) is 31.0 Å². The summed E-state index contributed by atoms with van der Waals surface area (Å²) in [4.78, 5) is 12.2. The van der Waals surface area contributed by atoms with Crippen molar-refractivity contribution in [3.8, 4) is 0 Å². The molecule has 2 N–H and O–H groups in total. The fourth-order valence-electron chi connectivity index (χ4n) is 2.73. The summed E-state index contributed by atoms with van der Waals surface area (Å²) in [5, 5.41) is 6.18. The van der Waals surface area contributed by atoms with Gasteiger partial charge in [-0.3, -0.25) is 4.79 Å². The number of carbonyl (C=O) groups excluding carboxylic acids is 1. The van der Waals surface area contributed by atoms with Gasteiger partial charge < -0.3 is 10.6 Å². The molecule has 1 aromatic rings. The maximum absolute atomic E-state index is 12.2. The summed E-state index contributed by atoms with van der Waals surface area (Å²) in [6, 6.07) is 8.06. The third kappa shape index (κ3) is 4.06. The Morgan fingerprint density at radius 3 is 2.68 bits per heavy atom. The van der Waals surface area contributed by atoms with E-state index in [0.29, 0.717) is 0 Å². The first-order valence-corrected chi connectivity index (χ1v) is 7.23. The van der Waals surface area contributed by atoms with E-state index in [2.05, 4.69) is 23.6 Å². The molecule has 3 heteroatoms. The van der Waals surface area contributed by atoms with Crippen molar-refractivity contribution in [2.24, 2.45) is 11.8 Å². The summed E-state index contributed by atoms with van der Waals surface area (Å²) >= 11 is 0. The largest absolute Gasteiger partial charge is 0.326 e. The highest BCUT2D eigenvalue weighted by molar-refractivity contribution is 5.92. The molecular weight excluding hydrogens is 236 g/mol. The van der Waals surface area contributed by atoms with Gasteiger partial charge in [0.2, 0.25) is 5.91 Å². The number of nitrogens with one attached hydrogen (secondary N) is 2. The molecule has 0 saturated heterocycles. The van der Waals surface area contributed by atoms with E-state index in [1.54, 1.807) is 0 Å². The van der Waals surface area contributed by atoms with Gasteiger partial charge in [-0.05, 0) is 56.3 Å². The molecule has 1 saturated carbocycles. The average molecular weight is 260 g/mol. The van der Waals surface area contributed by atoms with Gasteiger partial charge in [0.1, 0.15) is 0 Å².